The SMILES string of the molecule is CCCOc1ccc(CN=C(NCC)NCCC(=O)N(C)C)c(OC(F)F)c1. The Morgan fingerprint density at radius 3 is 2.61 bits per heavy atom. The standard InChI is InChI=1S/C19H30F2N4O3/c1-5-11-27-15-8-7-14(16(12-15)28-18(20)21)13-24-19(22-6-2)23-10-9-17(26)25(3)4/h7-8,12,18H,5-6,9-11,13H2,1-4H3,(H2,22,23,24). The number of benzene rings is 1. The van der Waals surface area contributed by atoms with Crippen molar-refractivity contribution in [1.29, 1.82) is 0 Å². The van der Waals surface area contributed by atoms with Crippen molar-refractivity contribution >= 4 is 11.9 Å². The lowest BCUT2D eigenvalue weighted by Gasteiger charge is -2.15. The molecule has 0 aliphatic heterocycles. The average Bonchev–Trinajstić information content (AvgIpc) is 2.64. The molecular formula is C19H30F2N4O3. The van der Waals surface area contributed by atoms with Gasteiger partial charge in [0.2, 0.25) is 5.91 Å². The number of rotatable bonds is 11. The summed E-state index contributed by atoms with van der Waals surface area (Å²) >= 11 is 0. The van der Waals surface area contributed by atoms with Crippen LogP contribution in [0.2, 0.25) is 0 Å². The molecule has 0 aliphatic carbocycles. The molecule has 158 valence electrons. The largest absolute Gasteiger partial charge is 0.493 e. The first-order valence-corrected chi connectivity index (χ1v) is 9.30. The van der Waals surface area contributed by atoms with E-state index in [0.717, 1.165) is 6.42 Å². The van der Waals surface area contributed by atoms with Crippen LogP contribution in [0, 0.1) is 0 Å². The van der Waals surface area contributed by atoms with Crippen molar-refractivity contribution in [3.63, 3.8) is 0 Å². The van der Waals surface area contributed by atoms with Crippen LogP contribution in [0.25, 0.3) is 0 Å². The van der Waals surface area contributed by atoms with E-state index in [1.807, 2.05) is 13.8 Å². The second-order valence-electron chi connectivity index (χ2n) is 6.16. The third-order valence-corrected chi connectivity index (χ3v) is 3.61. The maximum atomic E-state index is 12.8. The lowest BCUT2D eigenvalue weighted by Crippen LogP contribution is -2.39. The molecule has 0 bridgehead atoms. The minimum atomic E-state index is -2.94. The highest BCUT2D eigenvalue weighted by Gasteiger charge is 2.12. The number of nitrogens with one attached hydrogen (secondary N) is 2. The number of ether oxygens (including phenoxy) is 2. The third-order valence-electron chi connectivity index (χ3n) is 3.61. The minimum absolute atomic E-state index is 0.00126. The Hall–Kier alpha value is -2.58. The predicted octanol–water partition coefficient (Wildman–Crippen LogP) is 2.61. The fourth-order valence-electron chi connectivity index (χ4n) is 2.20. The van der Waals surface area contributed by atoms with E-state index in [2.05, 4.69) is 20.4 Å². The Kier molecular flexibility index (Phi) is 10.7. The molecule has 0 spiro atoms. The summed E-state index contributed by atoms with van der Waals surface area (Å²) < 4.78 is 35.6. The molecule has 0 fully saturated rings. The zero-order valence-electron chi connectivity index (χ0n) is 16.9. The molecule has 2 N–H and O–H groups in total. The highest BCUT2D eigenvalue weighted by Crippen LogP contribution is 2.27. The van der Waals surface area contributed by atoms with Crippen LogP contribution in [0.15, 0.2) is 23.2 Å². The van der Waals surface area contributed by atoms with Gasteiger partial charge in [-0.3, -0.25) is 4.79 Å². The van der Waals surface area contributed by atoms with Crippen LogP contribution < -0.4 is 20.1 Å². The smallest absolute Gasteiger partial charge is 0.387 e. The van der Waals surface area contributed by atoms with E-state index in [9.17, 15) is 13.6 Å². The summed E-state index contributed by atoms with van der Waals surface area (Å²) in [6.45, 7) is 2.59. The molecule has 0 unspecified atom stereocenters. The fraction of sp³-hybridized carbons (Fsp3) is 0.579. The van der Waals surface area contributed by atoms with Crippen LogP contribution in [-0.4, -0.2) is 57.2 Å². The topological polar surface area (TPSA) is 75.2 Å². The number of carbonyl (C=O) groups is 1. The Morgan fingerprint density at radius 1 is 1.25 bits per heavy atom. The van der Waals surface area contributed by atoms with Crippen molar-refractivity contribution in [2.45, 2.75) is 39.8 Å². The van der Waals surface area contributed by atoms with Gasteiger partial charge >= 0.3 is 6.61 Å². The van der Waals surface area contributed by atoms with Crippen LogP contribution in [-0.2, 0) is 11.3 Å². The zero-order chi connectivity index (χ0) is 20.9. The molecular weight excluding hydrogens is 370 g/mol. The van der Waals surface area contributed by atoms with Crippen molar-refractivity contribution in [3.8, 4) is 11.5 Å². The molecule has 0 aromatic heterocycles. The lowest BCUT2D eigenvalue weighted by molar-refractivity contribution is -0.128. The molecule has 1 aromatic rings. The quantitative estimate of drug-likeness (QED) is 0.441. The van der Waals surface area contributed by atoms with E-state index < -0.39 is 6.61 Å². The van der Waals surface area contributed by atoms with Crippen LogP contribution in [0.4, 0.5) is 8.78 Å². The van der Waals surface area contributed by atoms with E-state index >= 15 is 0 Å². The fourth-order valence-corrected chi connectivity index (χ4v) is 2.20. The molecule has 7 nitrogen and oxygen atoms in total. The monoisotopic (exact) mass is 400 g/mol. The highest BCUT2D eigenvalue weighted by atomic mass is 19.3. The maximum Gasteiger partial charge on any atom is 0.387 e. The van der Waals surface area contributed by atoms with Crippen molar-refractivity contribution in [2.75, 3.05) is 33.8 Å². The van der Waals surface area contributed by atoms with Crippen LogP contribution in [0.3, 0.4) is 0 Å². The van der Waals surface area contributed by atoms with E-state index in [0.29, 0.717) is 43.4 Å². The van der Waals surface area contributed by atoms with Crippen molar-refractivity contribution in [1.82, 2.24) is 15.5 Å². The number of nitrogens with zero attached hydrogens (tertiary/aromatic N) is 2. The van der Waals surface area contributed by atoms with Gasteiger partial charge in [-0.1, -0.05) is 6.92 Å². The number of carbonyl (C=O) groups excluding carboxylic acids is 1. The van der Waals surface area contributed by atoms with Gasteiger partial charge in [-0.05, 0) is 25.5 Å². The second kappa shape index (κ2) is 12.7. The number of amides is 1. The molecule has 9 heteroatoms. The summed E-state index contributed by atoms with van der Waals surface area (Å²) in [5.41, 5.74) is 0.505. The molecule has 0 atom stereocenters. The molecule has 0 radical (unpaired) electrons. The molecule has 1 rings (SSSR count). The van der Waals surface area contributed by atoms with E-state index in [1.165, 1.54) is 11.0 Å². The Labute approximate surface area is 165 Å². The number of aliphatic imine (C=N–C) groups is 1. The van der Waals surface area contributed by atoms with Gasteiger partial charge < -0.3 is 25.0 Å². The maximum absolute atomic E-state index is 12.8. The molecule has 0 aliphatic rings. The second-order valence-corrected chi connectivity index (χ2v) is 6.16. The Bertz CT molecular complexity index is 640. The zero-order valence-corrected chi connectivity index (χ0v) is 16.9. The van der Waals surface area contributed by atoms with Crippen LogP contribution >= 0.6 is 0 Å². The first kappa shape index (κ1) is 23.5. The first-order chi connectivity index (χ1) is 13.4. The number of halogens is 2. The molecule has 0 saturated heterocycles. The molecule has 1 amide bonds. The van der Waals surface area contributed by atoms with Gasteiger partial charge in [0.05, 0.1) is 13.2 Å². The Balaban J connectivity index is 2.83. The van der Waals surface area contributed by atoms with Crippen molar-refractivity contribution in [2.24, 2.45) is 4.99 Å². The van der Waals surface area contributed by atoms with Gasteiger partial charge in [-0.15, -0.1) is 0 Å². The van der Waals surface area contributed by atoms with Gasteiger partial charge in [-0.2, -0.15) is 8.78 Å². The number of hydrogen-bond donors (Lipinski definition) is 2. The summed E-state index contributed by atoms with van der Waals surface area (Å²) in [6.07, 6.45) is 1.13. The van der Waals surface area contributed by atoms with E-state index in [-0.39, 0.29) is 18.2 Å². The summed E-state index contributed by atoms with van der Waals surface area (Å²) in [5.74, 6) is 0.991. The molecule has 28 heavy (non-hydrogen) atoms. The van der Waals surface area contributed by atoms with E-state index in [4.69, 9.17) is 4.74 Å². The first-order valence-electron chi connectivity index (χ1n) is 9.30. The average molecular weight is 400 g/mol. The summed E-state index contributed by atoms with van der Waals surface area (Å²) in [7, 11) is 3.39. The van der Waals surface area contributed by atoms with Gasteiger partial charge in [0.25, 0.3) is 0 Å². The van der Waals surface area contributed by atoms with Crippen molar-refractivity contribution in [3.05, 3.63) is 23.8 Å². The van der Waals surface area contributed by atoms with Gasteiger partial charge in [0.1, 0.15) is 11.5 Å². The Morgan fingerprint density at radius 2 is 2.00 bits per heavy atom. The summed E-state index contributed by atoms with van der Waals surface area (Å²) in [4.78, 5) is 17.5. The van der Waals surface area contributed by atoms with Crippen molar-refractivity contribution < 1.29 is 23.0 Å². The number of alkyl halides is 2. The summed E-state index contributed by atoms with van der Waals surface area (Å²) in [6, 6.07) is 4.81. The predicted molar refractivity (Wildman–Crippen MR) is 105 cm³/mol. The van der Waals surface area contributed by atoms with E-state index in [1.54, 1.807) is 26.2 Å². The van der Waals surface area contributed by atoms with Gasteiger partial charge in [0.15, 0.2) is 5.96 Å². The van der Waals surface area contributed by atoms with Crippen LogP contribution in [0.1, 0.15) is 32.3 Å². The number of guanidine groups is 1. The third kappa shape index (κ3) is 8.88. The normalized spacial score (nSPS) is 11.3. The van der Waals surface area contributed by atoms with Gasteiger partial charge in [-0.25, -0.2) is 4.99 Å². The molecule has 0 heterocycles. The lowest BCUT2D eigenvalue weighted by atomic mass is 10.2. The molecule has 0 saturated carbocycles. The number of hydrogen-bond acceptors (Lipinski definition) is 4. The summed E-state index contributed by atoms with van der Waals surface area (Å²) in [5, 5.41) is 6.11. The minimum Gasteiger partial charge on any atom is -0.493 e. The molecule has 1 aromatic carbocycles. The highest BCUT2D eigenvalue weighted by molar-refractivity contribution is 5.81. The van der Waals surface area contributed by atoms with Crippen LogP contribution in [0.5, 0.6) is 11.5 Å². The van der Waals surface area contributed by atoms with Gasteiger partial charge in [0, 0.05) is 45.2 Å².